The molecule has 1 heterocycles. The molecule has 0 spiro atoms. The van der Waals surface area contributed by atoms with Crippen LogP contribution in [0.3, 0.4) is 0 Å². The van der Waals surface area contributed by atoms with Crippen molar-refractivity contribution < 1.29 is 19.1 Å². The van der Waals surface area contributed by atoms with Crippen LogP contribution in [0.25, 0.3) is 0 Å². The fourth-order valence-electron chi connectivity index (χ4n) is 3.23. The molecule has 2 aromatic rings. The lowest BCUT2D eigenvalue weighted by Crippen LogP contribution is -2.31. The normalized spacial score (nSPS) is 17.1. The number of Topliss-reactive ketones (excluding diaryl/α,β-unsaturated/α-hetero) is 1. The molecule has 0 aliphatic carbocycles. The smallest absolute Gasteiger partial charge is 0.294 e. The molecule has 1 aliphatic rings. The molecule has 0 fully saturated rings. The minimum Gasteiger partial charge on any atom is -0.503 e. The summed E-state index contributed by atoms with van der Waals surface area (Å²) >= 11 is 5.92. The zero-order valence-corrected chi connectivity index (χ0v) is 15.7. The summed E-state index contributed by atoms with van der Waals surface area (Å²) in [4.78, 5) is 26.8. The molecule has 0 saturated heterocycles. The summed E-state index contributed by atoms with van der Waals surface area (Å²) in [5.74, 6) is -2.28. The lowest BCUT2D eigenvalue weighted by molar-refractivity contribution is -0.118. The molecule has 1 unspecified atom stereocenters. The van der Waals surface area contributed by atoms with Gasteiger partial charge in [-0.25, -0.2) is 4.39 Å². The Balaban J connectivity index is 2.17. The first kappa shape index (κ1) is 19.1. The minimum absolute atomic E-state index is 0.0266. The van der Waals surface area contributed by atoms with Gasteiger partial charge in [-0.1, -0.05) is 43.6 Å². The zero-order valence-electron chi connectivity index (χ0n) is 14.9. The Labute approximate surface area is 161 Å². The van der Waals surface area contributed by atoms with Crippen LogP contribution in [0.2, 0.25) is 5.02 Å². The highest BCUT2D eigenvalue weighted by Gasteiger charge is 2.45. The van der Waals surface area contributed by atoms with Gasteiger partial charge in [0.25, 0.3) is 5.91 Å². The Bertz CT molecular complexity index is 921. The fourth-order valence-corrected chi connectivity index (χ4v) is 3.36. The maximum absolute atomic E-state index is 14.6. The maximum Gasteiger partial charge on any atom is 0.294 e. The molecule has 2 aromatic carbocycles. The summed E-state index contributed by atoms with van der Waals surface area (Å²) in [5.41, 5.74) is 0.488. The number of ketones is 1. The van der Waals surface area contributed by atoms with E-state index in [4.69, 9.17) is 11.6 Å². The fraction of sp³-hybridized carbons (Fsp3) is 0.238. The van der Waals surface area contributed by atoms with Gasteiger partial charge in [0.15, 0.2) is 11.5 Å². The van der Waals surface area contributed by atoms with Crippen LogP contribution in [0.5, 0.6) is 0 Å². The third kappa shape index (κ3) is 3.60. The Morgan fingerprint density at radius 3 is 2.41 bits per heavy atom. The molecule has 27 heavy (non-hydrogen) atoms. The Hall–Kier alpha value is -2.66. The van der Waals surface area contributed by atoms with E-state index in [2.05, 4.69) is 0 Å². The first-order chi connectivity index (χ1) is 12.8. The average Bonchev–Trinajstić information content (AvgIpc) is 2.87. The van der Waals surface area contributed by atoms with Gasteiger partial charge in [-0.3, -0.25) is 14.5 Å². The van der Waals surface area contributed by atoms with Crippen molar-refractivity contribution in [3.05, 3.63) is 76.3 Å². The monoisotopic (exact) mass is 387 g/mol. The van der Waals surface area contributed by atoms with Crippen LogP contribution in [-0.2, 0) is 9.59 Å². The van der Waals surface area contributed by atoms with E-state index in [1.54, 1.807) is 30.3 Å². The molecule has 0 radical (unpaired) electrons. The summed E-state index contributed by atoms with van der Waals surface area (Å²) in [5, 5.41) is 10.9. The average molecular weight is 388 g/mol. The highest BCUT2D eigenvalue weighted by Crippen LogP contribution is 2.42. The highest BCUT2D eigenvalue weighted by atomic mass is 35.5. The second kappa shape index (κ2) is 7.53. The van der Waals surface area contributed by atoms with Crippen LogP contribution >= 0.6 is 11.6 Å². The quantitative estimate of drug-likeness (QED) is 0.785. The second-order valence-corrected chi connectivity index (χ2v) is 7.30. The lowest BCUT2D eigenvalue weighted by atomic mass is 9.91. The van der Waals surface area contributed by atoms with Gasteiger partial charge >= 0.3 is 0 Å². The number of amides is 1. The molecule has 0 bridgehead atoms. The van der Waals surface area contributed by atoms with Crippen molar-refractivity contribution in [2.75, 3.05) is 4.90 Å². The molecular weight excluding hydrogens is 369 g/mol. The van der Waals surface area contributed by atoms with Crippen LogP contribution in [-0.4, -0.2) is 16.8 Å². The Morgan fingerprint density at radius 1 is 1.19 bits per heavy atom. The van der Waals surface area contributed by atoms with Crippen LogP contribution in [0.15, 0.2) is 59.9 Å². The van der Waals surface area contributed by atoms with Gasteiger partial charge in [-0.15, -0.1) is 0 Å². The van der Waals surface area contributed by atoms with Crippen molar-refractivity contribution in [2.24, 2.45) is 5.92 Å². The van der Waals surface area contributed by atoms with Crippen molar-refractivity contribution in [1.29, 1.82) is 0 Å². The molecule has 4 nitrogen and oxygen atoms in total. The molecular formula is C21H19ClFNO3. The van der Waals surface area contributed by atoms with Crippen LogP contribution in [0.1, 0.15) is 31.9 Å². The summed E-state index contributed by atoms with van der Waals surface area (Å²) in [7, 11) is 0. The SMILES string of the molecule is CC(C)CC(=O)C1=C(O)C(=O)N(c2ccc(Cl)cc2)C1c1ccccc1F. The van der Waals surface area contributed by atoms with E-state index in [-0.39, 0.29) is 29.3 Å². The van der Waals surface area contributed by atoms with Crippen LogP contribution < -0.4 is 4.90 Å². The third-order valence-electron chi connectivity index (χ3n) is 4.41. The summed E-state index contributed by atoms with van der Waals surface area (Å²) in [6.07, 6.45) is 0.145. The third-order valence-corrected chi connectivity index (χ3v) is 4.66. The van der Waals surface area contributed by atoms with E-state index in [1.165, 1.54) is 23.1 Å². The van der Waals surface area contributed by atoms with Gasteiger partial charge in [0.2, 0.25) is 0 Å². The Morgan fingerprint density at radius 2 is 1.81 bits per heavy atom. The van der Waals surface area contributed by atoms with Gasteiger partial charge in [0.05, 0.1) is 11.6 Å². The topological polar surface area (TPSA) is 57.6 Å². The van der Waals surface area contributed by atoms with Gasteiger partial charge in [-0.05, 0) is 36.2 Å². The van der Waals surface area contributed by atoms with Crippen LogP contribution in [0.4, 0.5) is 10.1 Å². The zero-order chi connectivity index (χ0) is 19.7. The number of benzene rings is 2. The second-order valence-electron chi connectivity index (χ2n) is 6.86. The number of rotatable bonds is 5. The van der Waals surface area contributed by atoms with Gasteiger partial charge < -0.3 is 5.11 Å². The van der Waals surface area contributed by atoms with Gasteiger partial charge in [-0.2, -0.15) is 0 Å². The number of aliphatic hydroxyl groups is 1. The summed E-state index contributed by atoms with van der Waals surface area (Å²) in [6, 6.07) is 11.3. The number of halogens is 2. The molecule has 1 amide bonds. The highest BCUT2D eigenvalue weighted by molar-refractivity contribution is 6.30. The maximum atomic E-state index is 14.6. The summed E-state index contributed by atoms with van der Waals surface area (Å²) < 4.78 is 14.6. The first-order valence-corrected chi connectivity index (χ1v) is 8.99. The molecule has 0 aromatic heterocycles. The van der Waals surface area contributed by atoms with Crippen LogP contribution in [0, 0.1) is 11.7 Å². The van der Waals surface area contributed by atoms with Crippen molar-refractivity contribution >= 4 is 29.0 Å². The molecule has 6 heteroatoms. The summed E-state index contributed by atoms with van der Waals surface area (Å²) in [6.45, 7) is 3.72. The van der Waals surface area contributed by atoms with E-state index in [9.17, 15) is 19.1 Å². The number of hydrogen-bond donors (Lipinski definition) is 1. The van der Waals surface area contributed by atoms with Crippen molar-refractivity contribution in [2.45, 2.75) is 26.3 Å². The number of nitrogens with zero attached hydrogens (tertiary/aromatic N) is 1. The van der Waals surface area contributed by atoms with E-state index in [1.807, 2.05) is 13.8 Å². The molecule has 140 valence electrons. The van der Waals surface area contributed by atoms with Crippen molar-refractivity contribution in [1.82, 2.24) is 0 Å². The molecule has 1 aliphatic heterocycles. The van der Waals surface area contributed by atoms with E-state index in [0.717, 1.165) is 0 Å². The van der Waals surface area contributed by atoms with Crippen molar-refractivity contribution in [3.63, 3.8) is 0 Å². The predicted molar refractivity (Wildman–Crippen MR) is 102 cm³/mol. The number of carbonyl (C=O) groups excluding carboxylic acids is 2. The largest absolute Gasteiger partial charge is 0.503 e. The number of carbonyl (C=O) groups is 2. The van der Waals surface area contributed by atoms with Gasteiger partial charge in [0, 0.05) is 22.7 Å². The lowest BCUT2D eigenvalue weighted by Gasteiger charge is -2.27. The van der Waals surface area contributed by atoms with E-state index in [0.29, 0.717) is 10.7 Å². The van der Waals surface area contributed by atoms with E-state index < -0.39 is 23.5 Å². The molecule has 3 rings (SSSR count). The first-order valence-electron chi connectivity index (χ1n) is 8.61. The predicted octanol–water partition coefficient (Wildman–Crippen LogP) is 4.99. The molecule has 0 saturated carbocycles. The van der Waals surface area contributed by atoms with Gasteiger partial charge in [0.1, 0.15) is 5.82 Å². The van der Waals surface area contributed by atoms with E-state index >= 15 is 0 Å². The minimum atomic E-state index is -1.04. The molecule has 1 atom stereocenters. The van der Waals surface area contributed by atoms with Crippen molar-refractivity contribution in [3.8, 4) is 0 Å². The molecule has 1 N–H and O–H groups in total. The number of hydrogen-bond acceptors (Lipinski definition) is 3. The Kier molecular flexibility index (Phi) is 5.33. The number of anilines is 1. The standard InChI is InChI=1S/C21H19ClFNO3/c1-12(2)11-17(25)18-19(15-5-3-4-6-16(15)23)24(21(27)20(18)26)14-9-7-13(22)8-10-14/h3-10,12,19,26H,11H2,1-2H3. The number of aliphatic hydroxyl groups excluding tert-OH is 1.